The van der Waals surface area contributed by atoms with E-state index >= 15 is 0 Å². The molecular formula is C14H19NO. The molecule has 0 heterocycles. The van der Waals surface area contributed by atoms with E-state index < -0.39 is 0 Å². The van der Waals surface area contributed by atoms with Gasteiger partial charge in [-0.3, -0.25) is 0 Å². The van der Waals surface area contributed by atoms with Gasteiger partial charge >= 0.3 is 0 Å². The topological polar surface area (TPSA) is 35.2 Å². The molecule has 16 heavy (non-hydrogen) atoms. The van der Waals surface area contributed by atoms with E-state index in [4.69, 9.17) is 10.5 Å². The Balaban J connectivity index is 2.14. The van der Waals surface area contributed by atoms with Crippen LogP contribution < -0.4 is 10.5 Å². The summed E-state index contributed by atoms with van der Waals surface area (Å²) in [6.07, 6.45) is 6.86. The van der Waals surface area contributed by atoms with Gasteiger partial charge in [0.1, 0.15) is 5.75 Å². The van der Waals surface area contributed by atoms with Crippen molar-refractivity contribution in [2.45, 2.75) is 31.7 Å². The number of methoxy groups -OCH3 is 1. The Morgan fingerprint density at radius 3 is 3.06 bits per heavy atom. The second kappa shape index (κ2) is 5.17. The number of benzene rings is 1. The van der Waals surface area contributed by atoms with Gasteiger partial charge in [-0.2, -0.15) is 0 Å². The van der Waals surface area contributed by atoms with Crippen molar-refractivity contribution in [2.75, 3.05) is 7.11 Å². The zero-order chi connectivity index (χ0) is 11.4. The van der Waals surface area contributed by atoms with E-state index in [0.717, 1.165) is 18.6 Å². The molecule has 2 rings (SSSR count). The molecule has 1 aliphatic rings. The number of hydrogen-bond donors (Lipinski definition) is 1. The van der Waals surface area contributed by atoms with Gasteiger partial charge in [0.05, 0.1) is 7.11 Å². The van der Waals surface area contributed by atoms with E-state index in [2.05, 4.69) is 18.2 Å². The molecule has 1 unspecified atom stereocenters. The molecule has 0 spiro atoms. The Morgan fingerprint density at radius 2 is 2.31 bits per heavy atom. The van der Waals surface area contributed by atoms with Crippen LogP contribution in [0.2, 0.25) is 0 Å². The molecular weight excluding hydrogens is 198 g/mol. The molecule has 1 aromatic rings. The minimum atomic E-state index is 0.352. The molecule has 1 atom stereocenters. The highest BCUT2D eigenvalue weighted by atomic mass is 16.5. The molecule has 0 aromatic heterocycles. The Hall–Kier alpha value is -1.28. The van der Waals surface area contributed by atoms with Crippen LogP contribution in [0.15, 0.2) is 29.8 Å². The van der Waals surface area contributed by atoms with Gasteiger partial charge < -0.3 is 10.5 Å². The third kappa shape index (κ3) is 2.86. The third-order valence-corrected chi connectivity index (χ3v) is 3.06. The highest BCUT2D eigenvalue weighted by molar-refractivity contribution is 5.55. The van der Waals surface area contributed by atoms with Crippen molar-refractivity contribution in [3.05, 3.63) is 35.4 Å². The lowest BCUT2D eigenvalue weighted by Gasteiger charge is -2.20. The first-order valence-corrected chi connectivity index (χ1v) is 5.87. The fourth-order valence-corrected chi connectivity index (χ4v) is 2.23. The standard InChI is InChI=1S/C14H19NO/c1-16-14-7-3-5-12(10-14)8-11-4-2-6-13(15)9-11/h3,5,7-8,10,13H,2,4,6,9,15H2,1H3. The van der Waals surface area contributed by atoms with Crippen LogP contribution in [-0.2, 0) is 0 Å². The first-order chi connectivity index (χ1) is 7.78. The zero-order valence-electron chi connectivity index (χ0n) is 9.78. The molecule has 1 aromatic carbocycles. The fraction of sp³-hybridized carbons (Fsp3) is 0.429. The maximum absolute atomic E-state index is 5.97. The van der Waals surface area contributed by atoms with Crippen LogP contribution in [0.4, 0.5) is 0 Å². The molecule has 1 saturated carbocycles. The van der Waals surface area contributed by atoms with Gasteiger partial charge in [0.15, 0.2) is 0 Å². The average Bonchev–Trinajstić information content (AvgIpc) is 2.29. The molecule has 2 N–H and O–H groups in total. The van der Waals surface area contributed by atoms with Crippen molar-refractivity contribution in [3.63, 3.8) is 0 Å². The van der Waals surface area contributed by atoms with E-state index in [1.165, 1.54) is 24.0 Å². The van der Waals surface area contributed by atoms with Crippen molar-refractivity contribution < 1.29 is 4.74 Å². The largest absolute Gasteiger partial charge is 0.497 e. The van der Waals surface area contributed by atoms with E-state index in [1.54, 1.807) is 7.11 Å². The summed E-state index contributed by atoms with van der Waals surface area (Å²) in [5, 5.41) is 0. The average molecular weight is 217 g/mol. The summed E-state index contributed by atoms with van der Waals surface area (Å²) in [5.41, 5.74) is 8.65. The monoisotopic (exact) mass is 217 g/mol. The number of hydrogen-bond acceptors (Lipinski definition) is 2. The molecule has 0 saturated heterocycles. The van der Waals surface area contributed by atoms with Crippen LogP contribution in [0.25, 0.3) is 6.08 Å². The molecule has 2 nitrogen and oxygen atoms in total. The second-order valence-corrected chi connectivity index (χ2v) is 4.44. The molecule has 1 aliphatic carbocycles. The highest BCUT2D eigenvalue weighted by Crippen LogP contribution is 2.25. The van der Waals surface area contributed by atoms with E-state index in [0.29, 0.717) is 6.04 Å². The molecule has 0 aliphatic heterocycles. The second-order valence-electron chi connectivity index (χ2n) is 4.44. The molecule has 2 heteroatoms. The Bertz CT molecular complexity index is 384. The lowest BCUT2D eigenvalue weighted by atomic mass is 9.90. The van der Waals surface area contributed by atoms with Crippen molar-refractivity contribution >= 4 is 6.08 Å². The van der Waals surface area contributed by atoms with Gasteiger partial charge in [-0.1, -0.05) is 23.8 Å². The number of rotatable bonds is 2. The van der Waals surface area contributed by atoms with Gasteiger partial charge in [-0.15, -0.1) is 0 Å². The Kier molecular flexibility index (Phi) is 3.62. The summed E-state index contributed by atoms with van der Waals surface area (Å²) >= 11 is 0. The molecule has 1 fully saturated rings. The van der Waals surface area contributed by atoms with Crippen LogP contribution in [0.3, 0.4) is 0 Å². The van der Waals surface area contributed by atoms with Crippen LogP contribution in [0.1, 0.15) is 31.2 Å². The molecule has 86 valence electrons. The van der Waals surface area contributed by atoms with Gasteiger partial charge in [-0.05, 0) is 43.4 Å². The SMILES string of the molecule is COc1cccc(C=C2CCCC(N)C2)c1. The number of ether oxygens (including phenoxy) is 1. The van der Waals surface area contributed by atoms with Crippen LogP contribution in [-0.4, -0.2) is 13.2 Å². The summed E-state index contributed by atoms with van der Waals surface area (Å²) in [6.45, 7) is 0. The highest BCUT2D eigenvalue weighted by Gasteiger charge is 2.12. The van der Waals surface area contributed by atoms with Gasteiger partial charge in [0.25, 0.3) is 0 Å². The normalized spacial score (nSPS) is 23.4. The molecule has 0 radical (unpaired) electrons. The fourth-order valence-electron chi connectivity index (χ4n) is 2.23. The quantitative estimate of drug-likeness (QED) is 0.826. The minimum absolute atomic E-state index is 0.352. The van der Waals surface area contributed by atoms with E-state index in [-0.39, 0.29) is 0 Å². The van der Waals surface area contributed by atoms with Crippen LogP contribution in [0, 0.1) is 0 Å². The predicted molar refractivity (Wildman–Crippen MR) is 67.4 cm³/mol. The predicted octanol–water partition coefficient (Wildman–Crippen LogP) is 2.98. The lowest BCUT2D eigenvalue weighted by Crippen LogP contribution is -2.23. The van der Waals surface area contributed by atoms with Crippen molar-refractivity contribution in [1.82, 2.24) is 0 Å². The lowest BCUT2D eigenvalue weighted by molar-refractivity contribution is 0.414. The maximum Gasteiger partial charge on any atom is 0.119 e. The summed E-state index contributed by atoms with van der Waals surface area (Å²) in [4.78, 5) is 0. The van der Waals surface area contributed by atoms with Crippen molar-refractivity contribution in [1.29, 1.82) is 0 Å². The minimum Gasteiger partial charge on any atom is -0.497 e. The summed E-state index contributed by atoms with van der Waals surface area (Å²) in [5.74, 6) is 0.912. The number of nitrogens with two attached hydrogens (primary N) is 1. The van der Waals surface area contributed by atoms with Gasteiger partial charge in [0, 0.05) is 6.04 Å². The summed E-state index contributed by atoms with van der Waals surface area (Å²) in [7, 11) is 1.70. The smallest absolute Gasteiger partial charge is 0.119 e. The molecule has 0 amide bonds. The van der Waals surface area contributed by atoms with Crippen molar-refractivity contribution in [2.24, 2.45) is 5.73 Å². The van der Waals surface area contributed by atoms with Gasteiger partial charge in [-0.25, -0.2) is 0 Å². The first-order valence-electron chi connectivity index (χ1n) is 5.87. The Labute approximate surface area is 97.1 Å². The molecule has 0 bridgehead atoms. The first kappa shape index (κ1) is 11.2. The van der Waals surface area contributed by atoms with E-state index in [1.807, 2.05) is 12.1 Å². The zero-order valence-corrected chi connectivity index (χ0v) is 9.78. The van der Waals surface area contributed by atoms with Crippen LogP contribution >= 0.6 is 0 Å². The van der Waals surface area contributed by atoms with Gasteiger partial charge in [0.2, 0.25) is 0 Å². The van der Waals surface area contributed by atoms with Crippen LogP contribution in [0.5, 0.6) is 5.75 Å². The summed E-state index contributed by atoms with van der Waals surface area (Å²) in [6, 6.07) is 8.51. The maximum atomic E-state index is 5.97. The van der Waals surface area contributed by atoms with Crippen molar-refractivity contribution in [3.8, 4) is 5.75 Å². The Morgan fingerprint density at radius 1 is 1.44 bits per heavy atom. The third-order valence-electron chi connectivity index (χ3n) is 3.06. The van der Waals surface area contributed by atoms with E-state index in [9.17, 15) is 0 Å². The summed E-state index contributed by atoms with van der Waals surface area (Å²) < 4.78 is 5.21.